The van der Waals surface area contributed by atoms with Crippen molar-refractivity contribution < 1.29 is 21.6 Å². The summed E-state index contributed by atoms with van der Waals surface area (Å²) in [5.41, 5.74) is -2.23. The summed E-state index contributed by atoms with van der Waals surface area (Å²) in [6, 6.07) is 4.82. The summed E-state index contributed by atoms with van der Waals surface area (Å²) in [5.74, 6) is 0. The van der Waals surface area contributed by atoms with Crippen molar-refractivity contribution in [1.29, 1.82) is 0 Å². The van der Waals surface area contributed by atoms with Crippen LogP contribution in [0, 0.1) is 6.92 Å². The van der Waals surface area contributed by atoms with E-state index in [0.717, 1.165) is 24.0 Å². The van der Waals surface area contributed by atoms with Gasteiger partial charge in [-0.05, 0) is 31.9 Å². The van der Waals surface area contributed by atoms with Gasteiger partial charge in [-0.1, -0.05) is 42.7 Å². The largest absolute Gasteiger partial charge is 0.511 e. The maximum atomic E-state index is 13.1. The molecule has 1 atom stereocenters. The summed E-state index contributed by atoms with van der Waals surface area (Å²) < 4.78 is 63.6. The summed E-state index contributed by atoms with van der Waals surface area (Å²) in [4.78, 5) is 0. The molecule has 1 N–H and O–H groups in total. The van der Waals surface area contributed by atoms with Crippen LogP contribution in [-0.4, -0.2) is 30.8 Å². The fourth-order valence-electron chi connectivity index (χ4n) is 2.96. The second-order valence-electron chi connectivity index (χ2n) is 6.42. The third kappa shape index (κ3) is 4.55. The van der Waals surface area contributed by atoms with Gasteiger partial charge in [0.15, 0.2) is 0 Å². The van der Waals surface area contributed by atoms with E-state index >= 15 is 0 Å². The summed E-state index contributed by atoms with van der Waals surface area (Å²) >= 11 is 0. The number of anilines is 1. The van der Waals surface area contributed by atoms with Crippen molar-refractivity contribution >= 4 is 15.7 Å². The second-order valence-corrected chi connectivity index (χ2v) is 8.35. The first-order chi connectivity index (χ1) is 11.5. The number of sulfonamides is 1. The first-order valence-corrected chi connectivity index (χ1v) is 9.58. The number of aryl methyl sites for hydroxylation is 1. The van der Waals surface area contributed by atoms with Gasteiger partial charge in [0.1, 0.15) is 0 Å². The molecule has 0 saturated carbocycles. The van der Waals surface area contributed by atoms with Crippen LogP contribution >= 0.6 is 0 Å². The molecule has 0 aliphatic carbocycles. The van der Waals surface area contributed by atoms with Gasteiger partial charge in [-0.2, -0.15) is 17.5 Å². The van der Waals surface area contributed by atoms with Gasteiger partial charge >= 0.3 is 15.5 Å². The van der Waals surface area contributed by atoms with E-state index in [1.807, 2.05) is 32.9 Å². The van der Waals surface area contributed by atoms with Crippen molar-refractivity contribution in [3.63, 3.8) is 0 Å². The molecule has 2 rings (SSSR count). The number of fused-ring (bicyclic) bond motifs is 1. The average Bonchev–Trinajstić information content (AvgIpc) is 2.65. The summed E-state index contributed by atoms with van der Waals surface area (Å²) in [6.45, 7) is 5.15. The predicted octanol–water partition coefficient (Wildman–Crippen LogP) is 4.19. The standard InChI is InChI=1S/C17H23F3N2O2S/c1-4-5-12(2)9-15-11-22(25(23,24)17(18,19)20)10-14-8-13(3)6-7-16(14)21-15/h6-9,15,21H,4-5,10-11H2,1-3H3/b12-9+. The van der Waals surface area contributed by atoms with Gasteiger partial charge in [0.05, 0.1) is 6.04 Å². The second kappa shape index (κ2) is 7.37. The Morgan fingerprint density at radius 1 is 1.40 bits per heavy atom. The number of hydrogen-bond acceptors (Lipinski definition) is 3. The van der Waals surface area contributed by atoms with Crippen LogP contribution in [0.5, 0.6) is 0 Å². The van der Waals surface area contributed by atoms with E-state index in [0.29, 0.717) is 15.6 Å². The number of benzene rings is 1. The molecule has 1 aromatic carbocycles. The Kier molecular flexibility index (Phi) is 5.83. The Bertz CT molecular complexity index is 758. The summed E-state index contributed by atoms with van der Waals surface area (Å²) in [5, 5.41) is 3.18. The Morgan fingerprint density at radius 2 is 2.08 bits per heavy atom. The highest BCUT2D eigenvalue weighted by molar-refractivity contribution is 7.89. The van der Waals surface area contributed by atoms with E-state index in [9.17, 15) is 21.6 Å². The minimum atomic E-state index is -5.40. The zero-order chi connectivity index (χ0) is 18.8. The van der Waals surface area contributed by atoms with Crippen molar-refractivity contribution in [2.75, 3.05) is 11.9 Å². The molecule has 1 heterocycles. The van der Waals surface area contributed by atoms with Gasteiger partial charge in [-0.25, -0.2) is 8.42 Å². The molecule has 1 aliphatic heterocycles. The summed E-state index contributed by atoms with van der Waals surface area (Å²) in [6.07, 6.45) is 3.54. The van der Waals surface area contributed by atoms with Crippen LogP contribution in [0.15, 0.2) is 29.8 Å². The van der Waals surface area contributed by atoms with Crippen molar-refractivity contribution in [1.82, 2.24) is 4.31 Å². The molecule has 0 fully saturated rings. The molecule has 0 saturated heterocycles. The van der Waals surface area contributed by atoms with Gasteiger partial charge < -0.3 is 5.32 Å². The number of allylic oxidation sites excluding steroid dienone is 1. The van der Waals surface area contributed by atoms with Gasteiger partial charge in [0, 0.05) is 18.8 Å². The van der Waals surface area contributed by atoms with Crippen LogP contribution in [0.4, 0.5) is 18.9 Å². The molecule has 8 heteroatoms. The minimum Gasteiger partial charge on any atom is -0.377 e. The van der Waals surface area contributed by atoms with Crippen molar-refractivity contribution in [2.45, 2.75) is 51.7 Å². The molecule has 4 nitrogen and oxygen atoms in total. The first-order valence-electron chi connectivity index (χ1n) is 8.14. The number of nitrogens with one attached hydrogen (secondary N) is 1. The number of alkyl halides is 3. The Morgan fingerprint density at radius 3 is 2.68 bits per heavy atom. The lowest BCUT2D eigenvalue weighted by molar-refractivity contribution is -0.0491. The van der Waals surface area contributed by atoms with E-state index < -0.39 is 21.6 Å². The third-order valence-electron chi connectivity index (χ3n) is 4.11. The molecular formula is C17H23F3N2O2S. The highest BCUT2D eigenvalue weighted by atomic mass is 32.2. The lowest BCUT2D eigenvalue weighted by Crippen LogP contribution is -2.43. The van der Waals surface area contributed by atoms with E-state index in [1.165, 1.54) is 0 Å². The molecule has 1 unspecified atom stereocenters. The molecule has 0 aromatic heterocycles. The fraction of sp³-hybridized carbons (Fsp3) is 0.529. The van der Waals surface area contributed by atoms with Crippen LogP contribution in [0.3, 0.4) is 0 Å². The highest BCUT2D eigenvalue weighted by Crippen LogP contribution is 2.32. The molecule has 1 aliphatic rings. The van der Waals surface area contributed by atoms with E-state index in [-0.39, 0.29) is 13.1 Å². The van der Waals surface area contributed by atoms with Crippen LogP contribution in [0.25, 0.3) is 0 Å². The predicted molar refractivity (Wildman–Crippen MR) is 92.6 cm³/mol. The Hall–Kier alpha value is -1.54. The molecule has 0 spiro atoms. The molecular weight excluding hydrogens is 353 g/mol. The molecule has 25 heavy (non-hydrogen) atoms. The fourth-order valence-corrected chi connectivity index (χ4v) is 3.92. The van der Waals surface area contributed by atoms with Crippen LogP contribution < -0.4 is 5.32 Å². The average molecular weight is 376 g/mol. The van der Waals surface area contributed by atoms with Crippen LogP contribution in [0.1, 0.15) is 37.8 Å². The lowest BCUT2D eigenvalue weighted by Gasteiger charge is -2.24. The maximum Gasteiger partial charge on any atom is 0.511 e. The van der Waals surface area contributed by atoms with Gasteiger partial charge in [0.25, 0.3) is 0 Å². The molecule has 0 radical (unpaired) electrons. The summed E-state index contributed by atoms with van der Waals surface area (Å²) in [7, 11) is -5.40. The quantitative estimate of drug-likeness (QED) is 0.802. The number of halogens is 3. The zero-order valence-corrected chi connectivity index (χ0v) is 15.3. The Balaban J connectivity index is 2.46. The lowest BCUT2D eigenvalue weighted by atomic mass is 10.1. The van der Waals surface area contributed by atoms with Gasteiger partial charge in [0.2, 0.25) is 0 Å². The zero-order valence-electron chi connectivity index (χ0n) is 14.5. The molecule has 0 bridgehead atoms. The van der Waals surface area contributed by atoms with Crippen molar-refractivity contribution in [3.05, 3.63) is 41.0 Å². The minimum absolute atomic E-state index is 0.267. The molecule has 1 aromatic rings. The van der Waals surface area contributed by atoms with E-state index in [2.05, 4.69) is 5.32 Å². The number of nitrogens with zero attached hydrogens (tertiary/aromatic N) is 1. The van der Waals surface area contributed by atoms with Gasteiger partial charge in [-0.15, -0.1) is 0 Å². The topological polar surface area (TPSA) is 49.4 Å². The van der Waals surface area contributed by atoms with Crippen molar-refractivity contribution in [2.24, 2.45) is 0 Å². The number of rotatable bonds is 4. The Labute approximate surface area is 146 Å². The van der Waals surface area contributed by atoms with E-state index in [4.69, 9.17) is 0 Å². The van der Waals surface area contributed by atoms with Gasteiger partial charge in [-0.3, -0.25) is 0 Å². The SMILES string of the molecule is CCC/C(C)=C/C1CN(S(=O)(=O)C(F)(F)F)Cc2cc(C)ccc2N1. The highest BCUT2D eigenvalue weighted by Gasteiger charge is 2.50. The van der Waals surface area contributed by atoms with Crippen molar-refractivity contribution in [3.8, 4) is 0 Å². The number of hydrogen-bond donors (Lipinski definition) is 1. The molecule has 140 valence electrons. The normalized spacial score (nSPS) is 19.9. The maximum absolute atomic E-state index is 13.1. The smallest absolute Gasteiger partial charge is 0.377 e. The molecule has 0 amide bonds. The van der Waals surface area contributed by atoms with Crippen LogP contribution in [0.2, 0.25) is 0 Å². The first kappa shape index (κ1) is 19.8. The third-order valence-corrected chi connectivity index (χ3v) is 5.65. The van der Waals surface area contributed by atoms with E-state index in [1.54, 1.807) is 12.1 Å². The monoisotopic (exact) mass is 376 g/mol. The van der Waals surface area contributed by atoms with Crippen LogP contribution in [-0.2, 0) is 16.6 Å².